The largest absolute Gasteiger partial charge is 0.297 e. The molecule has 1 aliphatic heterocycles. The number of carbonyl (C=O) groups is 3. The molecule has 0 spiro atoms. The molecule has 27 heavy (non-hydrogen) atoms. The van der Waals surface area contributed by atoms with E-state index in [0.717, 1.165) is 11.1 Å². The molecule has 0 atom stereocenters. The number of Topliss-reactive ketones (excluding diaryl/α,β-unsaturated/α-hetero) is 1. The van der Waals surface area contributed by atoms with Gasteiger partial charge in [-0.05, 0) is 61.5 Å². The van der Waals surface area contributed by atoms with E-state index in [0.29, 0.717) is 11.4 Å². The molecule has 0 N–H and O–H groups in total. The number of hydrogen-bond acceptors (Lipinski definition) is 4. The summed E-state index contributed by atoms with van der Waals surface area (Å²) in [7, 11) is 0. The average molecular weight is 401 g/mol. The van der Waals surface area contributed by atoms with Gasteiger partial charge in [0.2, 0.25) is 0 Å². The van der Waals surface area contributed by atoms with Crippen LogP contribution in [0.4, 0.5) is 11.4 Å². The first kappa shape index (κ1) is 19.2. The Bertz CT molecular complexity index is 892. The van der Waals surface area contributed by atoms with E-state index >= 15 is 0 Å². The van der Waals surface area contributed by atoms with Gasteiger partial charge in [-0.15, -0.1) is 11.6 Å². The fourth-order valence-corrected chi connectivity index (χ4v) is 3.56. The van der Waals surface area contributed by atoms with Crippen LogP contribution in [0.25, 0.3) is 0 Å². The molecule has 1 fully saturated rings. The van der Waals surface area contributed by atoms with Gasteiger partial charge in [-0.2, -0.15) is 0 Å². The Hall–Kier alpha value is -2.57. The van der Waals surface area contributed by atoms with E-state index in [9.17, 15) is 14.4 Å². The van der Waals surface area contributed by atoms with E-state index < -0.39 is 29.4 Å². The molecule has 138 valence electrons. The first-order valence-electron chi connectivity index (χ1n) is 8.29. The third-order valence-electron chi connectivity index (χ3n) is 4.29. The van der Waals surface area contributed by atoms with Crippen LogP contribution in [0.3, 0.4) is 0 Å². The van der Waals surface area contributed by atoms with Gasteiger partial charge in [0, 0.05) is 0 Å². The number of carbonyl (C=O) groups excluding carboxylic acids is 3. The molecule has 0 unspecified atom stereocenters. The topological polar surface area (TPSA) is 57.7 Å². The Kier molecular flexibility index (Phi) is 5.39. The lowest BCUT2D eigenvalue weighted by Crippen LogP contribution is -2.62. The highest BCUT2D eigenvalue weighted by atomic mass is 35.5. The van der Waals surface area contributed by atoms with Gasteiger partial charge in [0.25, 0.3) is 11.8 Å². The predicted molar refractivity (Wildman–Crippen MR) is 109 cm³/mol. The lowest BCUT2D eigenvalue weighted by Gasteiger charge is -2.38. The second-order valence-corrected chi connectivity index (χ2v) is 6.97. The molecule has 2 amide bonds. The molecule has 0 aliphatic carbocycles. The number of aryl methyl sites for hydroxylation is 2. The van der Waals surface area contributed by atoms with Crippen LogP contribution in [-0.2, 0) is 14.4 Å². The van der Waals surface area contributed by atoms with Crippen molar-refractivity contribution in [2.45, 2.75) is 13.8 Å². The molecule has 2 aromatic rings. The summed E-state index contributed by atoms with van der Waals surface area (Å²) in [5.41, 5.74) is 2.84. The number of benzene rings is 2. The van der Waals surface area contributed by atoms with Crippen LogP contribution in [0.15, 0.2) is 48.5 Å². The van der Waals surface area contributed by atoms with Crippen LogP contribution >= 0.6 is 23.8 Å². The molecule has 0 saturated carbocycles. The summed E-state index contributed by atoms with van der Waals surface area (Å²) in [6.07, 6.45) is 0. The summed E-state index contributed by atoms with van der Waals surface area (Å²) in [5.74, 6) is -3.95. The number of nitrogens with zero attached hydrogens (tertiary/aromatic N) is 2. The fraction of sp³-hybridized carbons (Fsp3) is 0.200. The first-order valence-corrected chi connectivity index (χ1v) is 9.23. The molecule has 0 radical (unpaired) electrons. The third-order valence-corrected chi connectivity index (χ3v) is 4.92. The van der Waals surface area contributed by atoms with Crippen molar-refractivity contribution in [1.29, 1.82) is 0 Å². The van der Waals surface area contributed by atoms with Gasteiger partial charge in [-0.1, -0.05) is 24.3 Å². The zero-order valence-electron chi connectivity index (χ0n) is 14.8. The highest BCUT2D eigenvalue weighted by molar-refractivity contribution is 7.81. The molecule has 5 nitrogen and oxygen atoms in total. The minimum atomic E-state index is -1.52. The molecular formula is C20H17ClN2O3S. The van der Waals surface area contributed by atoms with Gasteiger partial charge in [0.05, 0.1) is 17.3 Å². The average Bonchev–Trinajstić information content (AvgIpc) is 2.61. The maximum atomic E-state index is 13.0. The maximum Gasteiger partial charge on any atom is 0.253 e. The molecule has 1 saturated heterocycles. The minimum Gasteiger partial charge on any atom is -0.297 e. The van der Waals surface area contributed by atoms with Crippen LogP contribution in [0.2, 0.25) is 0 Å². The normalized spacial score (nSPS) is 15.4. The van der Waals surface area contributed by atoms with E-state index in [1.807, 2.05) is 26.0 Å². The minimum absolute atomic E-state index is 0.0137. The second-order valence-electron chi connectivity index (χ2n) is 6.34. The van der Waals surface area contributed by atoms with Gasteiger partial charge in [-0.25, -0.2) is 0 Å². The Labute approximate surface area is 167 Å². The SMILES string of the molecule is Cc1cccc(N2C(=O)C(C(=O)CCl)C(=O)N(c3cccc(C)c3)C2=S)c1. The molecule has 1 aliphatic rings. The number of rotatable bonds is 4. The Morgan fingerprint density at radius 2 is 1.41 bits per heavy atom. The van der Waals surface area contributed by atoms with E-state index in [4.69, 9.17) is 23.8 Å². The standard InChI is InChI=1S/C20H17ClN2O3S/c1-12-5-3-7-14(9-12)22-18(25)17(16(24)11-21)19(26)23(20(22)27)15-8-4-6-13(2)10-15/h3-10,17H,11H2,1-2H3. The van der Waals surface area contributed by atoms with Crippen LogP contribution < -0.4 is 9.80 Å². The van der Waals surface area contributed by atoms with Crippen molar-refractivity contribution in [3.8, 4) is 0 Å². The van der Waals surface area contributed by atoms with Crippen molar-refractivity contribution in [2.24, 2.45) is 5.92 Å². The third kappa shape index (κ3) is 3.50. The summed E-state index contributed by atoms with van der Waals surface area (Å²) in [6, 6.07) is 14.3. The molecule has 1 heterocycles. The summed E-state index contributed by atoms with van der Waals surface area (Å²) < 4.78 is 0. The zero-order chi connectivity index (χ0) is 19.7. The molecular weight excluding hydrogens is 384 g/mol. The lowest BCUT2D eigenvalue weighted by molar-refractivity contribution is -0.138. The highest BCUT2D eigenvalue weighted by Gasteiger charge is 2.48. The number of thiocarbonyl (C=S) groups is 1. The van der Waals surface area contributed by atoms with Crippen molar-refractivity contribution < 1.29 is 14.4 Å². The van der Waals surface area contributed by atoms with Gasteiger partial charge in [-0.3, -0.25) is 24.2 Å². The molecule has 3 rings (SSSR count). The van der Waals surface area contributed by atoms with E-state index in [1.54, 1.807) is 36.4 Å². The van der Waals surface area contributed by atoms with Gasteiger partial charge >= 0.3 is 0 Å². The molecule has 2 aromatic carbocycles. The number of anilines is 2. The smallest absolute Gasteiger partial charge is 0.253 e. The van der Waals surface area contributed by atoms with Crippen molar-refractivity contribution in [2.75, 3.05) is 15.7 Å². The fourth-order valence-electron chi connectivity index (χ4n) is 3.01. The van der Waals surface area contributed by atoms with Crippen molar-refractivity contribution in [3.05, 3.63) is 59.7 Å². The lowest BCUT2D eigenvalue weighted by atomic mass is 9.98. The highest BCUT2D eigenvalue weighted by Crippen LogP contribution is 2.30. The molecule has 0 aromatic heterocycles. The zero-order valence-corrected chi connectivity index (χ0v) is 16.4. The van der Waals surface area contributed by atoms with E-state index in [-0.39, 0.29) is 5.11 Å². The van der Waals surface area contributed by atoms with E-state index in [2.05, 4.69) is 0 Å². The van der Waals surface area contributed by atoms with Crippen LogP contribution in [-0.4, -0.2) is 28.6 Å². The summed E-state index contributed by atoms with van der Waals surface area (Å²) in [4.78, 5) is 40.8. The Morgan fingerprint density at radius 3 is 1.78 bits per heavy atom. The van der Waals surface area contributed by atoms with Gasteiger partial charge in [0.15, 0.2) is 16.8 Å². The number of hydrogen-bond donors (Lipinski definition) is 0. The quantitative estimate of drug-likeness (QED) is 0.448. The second kappa shape index (κ2) is 7.58. The molecule has 7 heteroatoms. The Morgan fingerprint density at radius 1 is 0.963 bits per heavy atom. The molecule has 0 bridgehead atoms. The summed E-state index contributed by atoms with van der Waals surface area (Å²) >= 11 is 11.2. The monoisotopic (exact) mass is 400 g/mol. The van der Waals surface area contributed by atoms with Gasteiger partial charge < -0.3 is 0 Å². The number of halogens is 1. The predicted octanol–water partition coefficient (Wildman–Crippen LogP) is 3.39. The number of amides is 2. The van der Waals surface area contributed by atoms with Crippen LogP contribution in [0, 0.1) is 19.8 Å². The summed E-state index contributed by atoms with van der Waals surface area (Å²) in [5, 5.41) is 0.0137. The van der Waals surface area contributed by atoms with Crippen LogP contribution in [0.1, 0.15) is 11.1 Å². The van der Waals surface area contributed by atoms with Crippen LogP contribution in [0.5, 0.6) is 0 Å². The van der Waals surface area contributed by atoms with Crippen molar-refractivity contribution in [1.82, 2.24) is 0 Å². The Balaban J connectivity index is 2.16. The van der Waals surface area contributed by atoms with Crippen molar-refractivity contribution in [3.63, 3.8) is 0 Å². The summed E-state index contributed by atoms with van der Waals surface area (Å²) in [6.45, 7) is 3.76. The van der Waals surface area contributed by atoms with Crippen molar-refractivity contribution >= 4 is 57.9 Å². The van der Waals surface area contributed by atoms with Gasteiger partial charge in [0.1, 0.15) is 0 Å². The number of ketones is 1. The first-order chi connectivity index (χ1) is 12.8. The maximum absolute atomic E-state index is 13.0. The van der Waals surface area contributed by atoms with E-state index in [1.165, 1.54) is 9.80 Å². The number of alkyl halides is 1.